The first-order valence-corrected chi connectivity index (χ1v) is 8.85. The van der Waals surface area contributed by atoms with E-state index in [4.69, 9.17) is 0 Å². The predicted octanol–water partition coefficient (Wildman–Crippen LogP) is 3.80. The fourth-order valence-electron chi connectivity index (χ4n) is 2.56. The summed E-state index contributed by atoms with van der Waals surface area (Å²) in [6.45, 7) is 6.75. The van der Waals surface area contributed by atoms with Crippen LogP contribution in [0.1, 0.15) is 45.6 Å². The Hall–Kier alpha value is -0.810. The Morgan fingerprint density at radius 1 is 1.38 bits per heavy atom. The van der Waals surface area contributed by atoms with Crippen molar-refractivity contribution in [3.63, 3.8) is 0 Å². The molecule has 0 aliphatic heterocycles. The maximum atomic E-state index is 14.5. The Morgan fingerprint density at radius 3 is 2.76 bits per heavy atom. The fraction of sp³-hybridized carbons (Fsp3) is 0.688. The van der Waals surface area contributed by atoms with E-state index in [0.29, 0.717) is 29.2 Å². The number of hydrogen-bond donors (Lipinski definition) is 2. The number of halogens is 1. The highest BCUT2D eigenvalue weighted by molar-refractivity contribution is 7.99. The van der Waals surface area contributed by atoms with Gasteiger partial charge >= 0.3 is 0 Å². The number of pyridine rings is 1. The van der Waals surface area contributed by atoms with Gasteiger partial charge in [-0.15, -0.1) is 0 Å². The lowest BCUT2D eigenvalue weighted by Gasteiger charge is -2.21. The van der Waals surface area contributed by atoms with Crippen LogP contribution in [0.5, 0.6) is 0 Å². The van der Waals surface area contributed by atoms with Crippen molar-refractivity contribution in [2.24, 2.45) is 0 Å². The standard InChI is InChI=1S/C16H26FN3S/c1-16(2,3)19-10-11-7-8-18-15(14(11)17)20-12-5-6-13(9-12)21-4/h7-8,12-13,19H,5-6,9-10H2,1-4H3,(H,18,20). The smallest absolute Gasteiger partial charge is 0.169 e. The molecule has 3 nitrogen and oxygen atoms in total. The number of rotatable bonds is 5. The Bertz CT molecular complexity index is 473. The summed E-state index contributed by atoms with van der Waals surface area (Å²) in [4.78, 5) is 4.18. The molecule has 2 atom stereocenters. The van der Waals surface area contributed by atoms with Gasteiger partial charge in [0, 0.05) is 35.1 Å². The van der Waals surface area contributed by atoms with Crippen LogP contribution in [-0.2, 0) is 6.54 Å². The topological polar surface area (TPSA) is 37.0 Å². The van der Waals surface area contributed by atoms with Crippen molar-refractivity contribution in [2.45, 2.75) is 63.4 Å². The molecule has 2 rings (SSSR count). The molecule has 5 heteroatoms. The molecule has 1 saturated carbocycles. The maximum absolute atomic E-state index is 14.5. The van der Waals surface area contributed by atoms with Gasteiger partial charge in [0.25, 0.3) is 0 Å². The van der Waals surface area contributed by atoms with Crippen LogP contribution in [0.3, 0.4) is 0 Å². The molecule has 1 aromatic heterocycles. The van der Waals surface area contributed by atoms with Crippen molar-refractivity contribution in [2.75, 3.05) is 11.6 Å². The average Bonchev–Trinajstić information content (AvgIpc) is 2.86. The van der Waals surface area contributed by atoms with Crippen molar-refractivity contribution in [3.05, 3.63) is 23.6 Å². The largest absolute Gasteiger partial charge is 0.365 e. The molecule has 1 aliphatic carbocycles. The molecule has 1 fully saturated rings. The monoisotopic (exact) mass is 311 g/mol. The van der Waals surface area contributed by atoms with E-state index in [1.54, 1.807) is 12.3 Å². The van der Waals surface area contributed by atoms with Crippen molar-refractivity contribution in [3.8, 4) is 0 Å². The highest BCUT2D eigenvalue weighted by Gasteiger charge is 2.25. The highest BCUT2D eigenvalue weighted by atomic mass is 32.2. The van der Waals surface area contributed by atoms with Crippen molar-refractivity contribution in [1.82, 2.24) is 10.3 Å². The van der Waals surface area contributed by atoms with Gasteiger partial charge in [-0.05, 0) is 52.4 Å². The molecule has 0 saturated heterocycles. The Kier molecular flexibility index (Phi) is 5.49. The van der Waals surface area contributed by atoms with Crippen LogP contribution < -0.4 is 10.6 Å². The van der Waals surface area contributed by atoms with Gasteiger partial charge in [-0.25, -0.2) is 9.37 Å². The quantitative estimate of drug-likeness (QED) is 0.867. The third-order valence-corrected chi connectivity index (χ3v) is 4.93. The van der Waals surface area contributed by atoms with Crippen LogP contribution in [0, 0.1) is 5.82 Å². The van der Waals surface area contributed by atoms with Crippen LogP contribution in [0.15, 0.2) is 12.3 Å². The van der Waals surface area contributed by atoms with E-state index < -0.39 is 0 Å². The van der Waals surface area contributed by atoms with Crippen LogP contribution in [0.25, 0.3) is 0 Å². The molecule has 1 aromatic rings. The first kappa shape index (κ1) is 16.6. The molecular formula is C16H26FN3S. The van der Waals surface area contributed by atoms with E-state index >= 15 is 0 Å². The summed E-state index contributed by atoms with van der Waals surface area (Å²) in [6.07, 6.45) is 7.21. The molecule has 2 unspecified atom stereocenters. The number of nitrogens with zero attached hydrogens (tertiary/aromatic N) is 1. The first-order valence-electron chi connectivity index (χ1n) is 7.57. The molecule has 0 radical (unpaired) electrons. The molecule has 21 heavy (non-hydrogen) atoms. The lowest BCUT2D eigenvalue weighted by molar-refractivity contribution is 0.418. The fourth-order valence-corrected chi connectivity index (χ4v) is 3.36. The van der Waals surface area contributed by atoms with Crippen LogP contribution in [0.4, 0.5) is 10.2 Å². The zero-order valence-electron chi connectivity index (χ0n) is 13.4. The number of nitrogens with one attached hydrogen (secondary N) is 2. The van der Waals surface area contributed by atoms with E-state index in [2.05, 4.69) is 42.6 Å². The third kappa shape index (κ3) is 4.85. The Labute approximate surface area is 131 Å². The van der Waals surface area contributed by atoms with Crippen molar-refractivity contribution in [1.29, 1.82) is 0 Å². The number of anilines is 1. The average molecular weight is 311 g/mol. The molecule has 0 spiro atoms. The van der Waals surface area contributed by atoms with Gasteiger partial charge in [-0.2, -0.15) is 11.8 Å². The third-order valence-electron chi connectivity index (χ3n) is 3.84. The molecule has 0 bridgehead atoms. The number of hydrogen-bond acceptors (Lipinski definition) is 4. The lowest BCUT2D eigenvalue weighted by Crippen LogP contribution is -2.35. The zero-order valence-corrected chi connectivity index (χ0v) is 14.2. The Balaban J connectivity index is 2.01. The molecule has 0 aromatic carbocycles. The van der Waals surface area contributed by atoms with Gasteiger partial charge < -0.3 is 10.6 Å². The molecule has 0 amide bonds. The molecule has 2 N–H and O–H groups in total. The van der Waals surface area contributed by atoms with Gasteiger partial charge in [0.2, 0.25) is 0 Å². The van der Waals surface area contributed by atoms with Crippen LogP contribution >= 0.6 is 11.8 Å². The summed E-state index contributed by atoms with van der Waals surface area (Å²) < 4.78 is 14.5. The van der Waals surface area contributed by atoms with Crippen LogP contribution in [0.2, 0.25) is 0 Å². The van der Waals surface area contributed by atoms with Crippen molar-refractivity contribution >= 4 is 17.6 Å². The minimum Gasteiger partial charge on any atom is -0.365 e. The maximum Gasteiger partial charge on any atom is 0.169 e. The SMILES string of the molecule is CSC1CCC(Nc2nccc(CNC(C)(C)C)c2F)C1. The summed E-state index contributed by atoms with van der Waals surface area (Å²) in [5, 5.41) is 7.29. The Morgan fingerprint density at radius 2 is 2.14 bits per heavy atom. The molecule has 1 aliphatic rings. The van der Waals surface area contributed by atoms with Gasteiger partial charge in [0.05, 0.1) is 0 Å². The predicted molar refractivity (Wildman–Crippen MR) is 89.4 cm³/mol. The van der Waals surface area contributed by atoms with Gasteiger partial charge in [0.1, 0.15) is 0 Å². The van der Waals surface area contributed by atoms with E-state index in [0.717, 1.165) is 12.8 Å². The second-order valence-corrected chi connectivity index (χ2v) is 7.89. The normalized spacial score (nSPS) is 22.5. The number of aromatic nitrogens is 1. The van der Waals surface area contributed by atoms with Gasteiger partial charge in [0.15, 0.2) is 11.6 Å². The summed E-state index contributed by atoms with van der Waals surface area (Å²) in [7, 11) is 0. The molecular weight excluding hydrogens is 285 g/mol. The summed E-state index contributed by atoms with van der Waals surface area (Å²) in [5.41, 5.74) is 0.641. The molecule has 118 valence electrons. The summed E-state index contributed by atoms with van der Waals surface area (Å²) >= 11 is 1.90. The van der Waals surface area contributed by atoms with E-state index in [1.165, 1.54) is 6.42 Å². The van der Waals surface area contributed by atoms with Crippen molar-refractivity contribution < 1.29 is 4.39 Å². The van der Waals surface area contributed by atoms with Gasteiger partial charge in [-0.1, -0.05) is 0 Å². The first-order chi connectivity index (χ1) is 9.89. The van der Waals surface area contributed by atoms with Gasteiger partial charge in [-0.3, -0.25) is 0 Å². The zero-order chi connectivity index (χ0) is 15.5. The lowest BCUT2D eigenvalue weighted by atomic mass is 10.1. The summed E-state index contributed by atoms with van der Waals surface area (Å²) in [6, 6.07) is 2.09. The number of thioether (sulfide) groups is 1. The highest BCUT2D eigenvalue weighted by Crippen LogP contribution is 2.30. The van der Waals surface area contributed by atoms with E-state index in [9.17, 15) is 4.39 Å². The second-order valence-electron chi connectivity index (χ2n) is 6.75. The minimum atomic E-state index is -0.221. The van der Waals surface area contributed by atoms with E-state index in [-0.39, 0.29) is 11.4 Å². The van der Waals surface area contributed by atoms with E-state index in [1.807, 2.05) is 11.8 Å². The summed E-state index contributed by atoms with van der Waals surface area (Å²) in [5.74, 6) is 0.178. The minimum absolute atomic E-state index is 0.0275. The van der Waals surface area contributed by atoms with Crippen LogP contribution in [-0.4, -0.2) is 28.1 Å². The molecule has 1 heterocycles. The second kappa shape index (κ2) is 6.97.